The summed E-state index contributed by atoms with van der Waals surface area (Å²) < 4.78 is 0. The van der Waals surface area contributed by atoms with Crippen molar-refractivity contribution in [3.8, 4) is 11.1 Å². The topological polar surface area (TPSA) is 32.3 Å². The van der Waals surface area contributed by atoms with Crippen LogP contribution in [0.1, 0.15) is 75.8 Å². The number of carbonyl (C=O) groups is 1. The molecule has 2 aromatic rings. The van der Waals surface area contributed by atoms with E-state index in [-0.39, 0.29) is 22.6 Å². The van der Waals surface area contributed by atoms with Crippen LogP contribution in [0.15, 0.2) is 42.5 Å². The number of carbonyl (C=O) groups excluding carboxylic acids is 1. The normalized spacial score (nSPS) is 29.2. The maximum Gasteiger partial charge on any atom is 0.237 e. The van der Waals surface area contributed by atoms with Gasteiger partial charge in [0.25, 0.3) is 0 Å². The van der Waals surface area contributed by atoms with E-state index in [4.69, 9.17) is 23.2 Å². The second kappa shape index (κ2) is 13.0. The Morgan fingerprint density at radius 3 is 2.37 bits per heavy atom. The Morgan fingerprint density at radius 1 is 0.974 bits per heavy atom. The van der Waals surface area contributed by atoms with E-state index in [1.165, 1.54) is 42.4 Å². The van der Waals surface area contributed by atoms with Crippen molar-refractivity contribution in [2.75, 3.05) is 7.05 Å². The Bertz CT molecular complexity index is 1090. The molecule has 0 radical (unpaired) electrons. The number of hydrogen-bond acceptors (Lipinski definition) is 3. The van der Waals surface area contributed by atoms with Crippen LogP contribution in [-0.4, -0.2) is 45.8 Å². The third kappa shape index (κ3) is 6.24. The smallest absolute Gasteiger partial charge is 0.237 e. The van der Waals surface area contributed by atoms with Crippen LogP contribution in [-0.2, 0) is 17.8 Å². The molecule has 0 spiro atoms. The van der Waals surface area contributed by atoms with Crippen LogP contribution in [0.25, 0.3) is 11.1 Å². The number of aryl methyl sites for hydroxylation is 1. The van der Waals surface area contributed by atoms with Gasteiger partial charge in [0.15, 0.2) is 0 Å². The van der Waals surface area contributed by atoms with E-state index < -0.39 is 0 Å². The molecule has 1 N–H and O–H groups in total. The summed E-state index contributed by atoms with van der Waals surface area (Å²) in [7, 11) is 2.06. The van der Waals surface area contributed by atoms with E-state index in [0.717, 1.165) is 49.1 Å². The van der Waals surface area contributed by atoms with E-state index in [0.29, 0.717) is 23.8 Å². The van der Waals surface area contributed by atoms with Crippen molar-refractivity contribution in [3.05, 3.63) is 58.6 Å². The molecule has 2 aliphatic carbocycles. The Morgan fingerprint density at radius 2 is 1.68 bits per heavy atom. The number of rotatable bonds is 8. The van der Waals surface area contributed by atoms with Crippen molar-refractivity contribution in [2.45, 2.75) is 106 Å². The van der Waals surface area contributed by atoms with Gasteiger partial charge in [-0.25, -0.2) is 0 Å². The lowest BCUT2D eigenvalue weighted by atomic mass is 9.85. The number of halogens is 2. The highest BCUT2D eigenvalue weighted by Crippen LogP contribution is 2.49. The second-order valence-corrected chi connectivity index (χ2v) is 13.8. The zero-order valence-electron chi connectivity index (χ0n) is 22.8. The highest BCUT2D eigenvalue weighted by Gasteiger charge is 2.48. The highest BCUT2D eigenvalue weighted by molar-refractivity contribution is 8.01. The maximum atomic E-state index is 14.4. The molecular formula is C32H42Cl2N2OS. The third-order valence-electron chi connectivity index (χ3n) is 9.09. The van der Waals surface area contributed by atoms with Gasteiger partial charge in [-0.2, -0.15) is 0 Å². The van der Waals surface area contributed by atoms with Gasteiger partial charge in [0, 0.05) is 28.9 Å². The fraction of sp³-hybridized carbons (Fsp3) is 0.594. The molecule has 3 aliphatic rings. The molecule has 5 rings (SSSR count). The van der Waals surface area contributed by atoms with Crippen LogP contribution in [0.3, 0.4) is 0 Å². The first kappa shape index (κ1) is 28.3. The molecular weight excluding hydrogens is 531 g/mol. The number of thioether (sulfide) groups is 1. The Hall–Kier alpha value is -1.20. The lowest BCUT2D eigenvalue weighted by molar-refractivity contribution is -0.134. The first-order valence-corrected chi connectivity index (χ1v) is 16.4. The summed E-state index contributed by atoms with van der Waals surface area (Å²) in [6.07, 6.45) is 11.3. The first-order valence-electron chi connectivity index (χ1n) is 14.6. The molecule has 206 valence electrons. The van der Waals surface area contributed by atoms with Gasteiger partial charge in [0.05, 0.1) is 5.38 Å². The van der Waals surface area contributed by atoms with Gasteiger partial charge in [-0.1, -0.05) is 62.1 Å². The average molecular weight is 574 g/mol. The van der Waals surface area contributed by atoms with Crippen LogP contribution in [0.5, 0.6) is 0 Å². The summed E-state index contributed by atoms with van der Waals surface area (Å²) in [5.74, 6) is 0.756. The molecule has 1 saturated heterocycles. The van der Waals surface area contributed by atoms with Crippen molar-refractivity contribution in [2.24, 2.45) is 5.92 Å². The molecule has 4 atom stereocenters. The van der Waals surface area contributed by atoms with E-state index >= 15 is 0 Å². The molecule has 38 heavy (non-hydrogen) atoms. The minimum absolute atomic E-state index is 0.0514. The van der Waals surface area contributed by atoms with Crippen LogP contribution in [0.4, 0.5) is 0 Å². The average Bonchev–Trinajstić information content (AvgIpc) is 3.29. The van der Waals surface area contributed by atoms with Gasteiger partial charge in [-0.15, -0.1) is 23.4 Å². The quantitative estimate of drug-likeness (QED) is 0.324. The van der Waals surface area contributed by atoms with Gasteiger partial charge in [0.2, 0.25) is 5.91 Å². The SMILES string of the molecule is CCCc1ccc(-c2ccc(Cl)cc2)cc1CN(C(=O)C1S[C@@H]2CCCCC2C1Cl)C1CCC(NC)CC1. The number of fused-ring (bicyclic) bond motifs is 1. The Balaban J connectivity index is 1.45. The molecule has 0 bridgehead atoms. The molecule has 3 fully saturated rings. The molecule has 2 saturated carbocycles. The zero-order valence-corrected chi connectivity index (χ0v) is 25.1. The first-order chi connectivity index (χ1) is 18.5. The molecule has 3 unspecified atom stereocenters. The number of hydrogen-bond donors (Lipinski definition) is 1. The van der Waals surface area contributed by atoms with Gasteiger partial charge < -0.3 is 10.2 Å². The van der Waals surface area contributed by atoms with E-state index in [9.17, 15) is 4.79 Å². The lowest BCUT2D eigenvalue weighted by Crippen LogP contribution is -2.48. The summed E-state index contributed by atoms with van der Waals surface area (Å²) >= 11 is 15.1. The van der Waals surface area contributed by atoms with Crippen molar-refractivity contribution < 1.29 is 4.79 Å². The van der Waals surface area contributed by atoms with E-state index in [1.54, 1.807) is 0 Å². The van der Waals surface area contributed by atoms with Crippen molar-refractivity contribution in [1.29, 1.82) is 0 Å². The molecule has 1 amide bonds. The fourth-order valence-corrected chi connectivity index (χ4v) is 9.45. The molecule has 2 aromatic carbocycles. The predicted molar refractivity (Wildman–Crippen MR) is 163 cm³/mol. The van der Waals surface area contributed by atoms with Crippen molar-refractivity contribution >= 4 is 40.9 Å². The maximum absolute atomic E-state index is 14.4. The molecule has 3 nitrogen and oxygen atoms in total. The molecule has 1 heterocycles. The Labute approximate surface area is 243 Å². The monoisotopic (exact) mass is 572 g/mol. The molecule has 1 aliphatic heterocycles. The Kier molecular flexibility index (Phi) is 9.68. The molecule has 6 heteroatoms. The van der Waals surface area contributed by atoms with Crippen molar-refractivity contribution in [3.63, 3.8) is 0 Å². The lowest BCUT2D eigenvalue weighted by Gasteiger charge is -2.39. The second-order valence-electron chi connectivity index (χ2n) is 11.5. The predicted octanol–water partition coefficient (Wildman–Crippen LogP) is 8.10. The summed E-state index contributed by atoms with van der Waals surface area (Å²) in [4.78, 5) is 16.7. The number of benzene rings is 2. The van der Waals surface area contributed by atoms with Crippen molar-refractivity contribution in [1.82, 2.24) is 10.2 Å². The van der Waals surface area contributed by atoms with Gasteiger partial charge in [-0.05, 0) is 98.4 Å². The van der Waals surface area contributed by atoms with Crippen LogP contribution in [0, 0.1) is 5.92 Å². The number of amides is 1. The zero-order chi connectivity index (χ0) is 26.6. The summed E-state index contributed by atoms with van der Waals surface area (Å²) in [6, 6.07) is 15.7. The summed E-state index contributed by atoms with van der Waals surface area (Å²) in [6.45, 7) is 2.90. The molecule has 0 aromatic heterocycles. The summed E-state index contributed by atoms with van der Waals surface area (Å²) in [5.41, 5.74) is 4.96. The number of nitrogens with one attached hydrogen (secondary N) is 1. The van der Waals surface area contributed by atoms with Gasteiger partial charge in [0.1, 0.15) is 5.25 Å². The van der Waals surface area contributed by atoms with Gasteiger partial charge >= 0.3 is 0 Å². The van der Waals surface area contributed by atoms with E-state index in [1.807, 2.05) is 23.9 Å². The standard InChI is InChI=1S/C32H42Cl2N2OS/c1-3-6-21-9-10-23(22-11-13-25(33)14-12-22)19-24(21)20-36(27-17-15-26(35-2)16-18-27)32(37)31-30(34)28-7-4-5-8-29(28)38-31/h9-14,19,26-31,35H,3-8,15-18,20H2,1-2H3/t26?,27?,28?,29-,30?,31?/m1/s1. The minimum atomic E-state index is -0.124. The summed E-state index contributed by atoms with van der Waals surface area (Å²) in [5, 5.41) is 4.57. The van der Waals surface area contributed by atoms with Crippen LogP contribution >= 0.6 is 35.0 Å². The van der Waals surface area contributed by atoms with E-state index in [2.05, 4.69) is 54.5 Å². The third-order valence-corrected chi connectivity index (χ3v) is 11.8. The highest BCUT2D eigenvalue weighted by atomic mass is 35.5. The minimum Gasteiger partial charge on any atom is -0.334 e. The van der Waals surface area contributed by atoms with Crippen LogP contribution < -0.4 is 5.32 Å². The largest absolute Gasteiger partial charge is 0.334 e. The number of nitrogens with zero attached hydrogens (tertiary/aromatic N) is 1. The van der Waals surface area contributed by atoms with Gasteiger partial charge in [-0.3, -0.25) is 4.79 Å². The van der Waals surface area contributed by atoms with Crippen LogP contribution in [0.2, 0.25) is 5.02 Å². The number of alkyl halides is 1. The fourth-order valence-electron chi connectivity index (χ4n) is 6.86.